The van der Waals surface area contributed by atoms with Gasteiger partial charge in [0.2, 0.25) is 0 Å². The van der Waals surface area contributed by atoms with Crippen molar-refractivity contribution in [2.75, 3.05) is 26.9 Å². The molecule has 40 heavy (non-hydrogen) atoms. The van der Waals surface area contributed by atoms with Gasteiger partial charge < -0.3 is 24.2 Å². The monoisotopic (exact) mass is 547 g/mol. The van der Waals surface area contributed by atoms with Crippen LogP contribution < -0.4 is 4.74 Å². The fourth-order valence-corrected chi connectivity index (χ4v) is 4.79. The van der Waals surface area contributed by atoms with E-state index < -0.39 is 22.9 Å². The fourth-order valence-electron chi connectivity index (χ4n) is 4.79. The molecule has 1 saturated heterocycles. The molecule has 4 rings (SSSR count). The van der Waals surface area contributed by atoms with Crippen LogP contribution in [0.25, 0.3) is 5.57 Å². The maximum Gasteiger partial charge on any atom is 0.341 e. The highest BCUT2D eigenvalue weighted by molar-refractivity contribution is 6.14. The highest BCUT2D eigenvalue weighted by atomic mass is 16.6. The lowest BCUT2D eigenvalue weighted by Gasteiger charge is -2.37. The van der Waals surface area contributed by atoms with Crippen LogP contribution in [0.2, 0.25) is 0 Å². The number of allylic oxidation sites excluding steroid dienone is 1. The third kappa shape index (κ3) is 6.30. The number of nitrogens with zero attached hydrogens (tertiary/aromatic N) is 3. The number of carbonyl (C=O) groups is 2. The zero-order chi connectivity index (χ0) is 28.8. The van der Waals surface area contributed by atoms with E-state index in [4.69, 9.17) is 14.2 Å². The lowest BCUT2D eigenvalue weighted by Crippen LogP contribution is -2.42. The van der Waals surface area contributed by atoms with E-state index in [2.05, 4.69) is 0 Å². The van der Waals surface area contributed by atoms with Gasteiger partial charge in [0.1, 0.15) is 23.1 Å². The minimum absolute atomic E-state index is 0.0537. The van der Waals surface area contributed by atoms with Crippen LogP contribution in [0.1, 0.15) is 30.9 Å². The number of nitriles is 1. The lowest BCUT2D eigenvalue weighted by molar-refractivity contribution is -0.384. The molecule has 2 unspecified atom stereocenters. The smallest absolute Gasteiger partial charge is 0.341 e. The van der Waals surface area contributed by atoms with Crippen molar-refractivity contribution < 1.29 is 33.8 Å². The number of non-ortho nitro benzene ring substituents is 1. The van der Waals surface area contributed by atoms with Crippen LogP contribution in [-0.4, -0.2) is 65.9 Å². The number of hydrogen-bond donors (Lipinski definition) is 1. The molecule has 1 fully saturated rings. The Bertz CT molecular complexity index is 1400. The number of nitro benzene ring substituents is 1. The quantitative estimate of drug-likeness (QED) is 0.136. The number of carboxylic acid groups (broad SMARTS) is 1. The van der Waals surface area contributed by atoms with Crippen molar-refractivity contribution in [2.24, 2.45) is 0 Å². The van der Waals surface area contributed by atoms with E-state index in [1.807, 2.05) is 30.3 Å². The van der Waals surface area contributed by atoms with E-state index >= 15 is 0 Å². The molecule has 2 aliphatic heterocycles. The van der Waals surface area contributed by atoms with Gasteiger partial charge in [-0.1, -0.05) is 24.3 Å². The first-order chi connectivity index (χ1) is 19.2. The summed E-state index contributed by atoms with van der Waals surface area (Å²) in [5.41, 5.74) is 0.513. The van der Waals surface area contributed by atoms with Gasteiger partial charge in [-0.2, -0.15) is 5.26 Å². The number of esters is 1. The van der Waals surface area contributed by atoms with E-state index in [9.17, 15) is 30.1 Å². The summed E-state index contributed by atoms with van der Waals surface area (Å²) >= 11 is 0. The topological polar surface area (TPSA) is 156 Å². The summed E-state index contributed by atoms with van der Waals surface area (Å²) in [5, 5.41) is 31.6. The summed E-state index contributed by atoms with van der Waals surface area (Å²) in [4.78, 5) is 37.7. The molecule has 1 N–H and O–H groups in total. The number of hydrogen-bond acceptors (Lipinski definition) is 9. The zero-order valence-corrected chi connectivity index (χ0v) is 22.2. The number of unbranched alkanes of at least 4 members (excludes halogenated alkanes) is 1. The van der Waals surface area contributed by atoms with E-state index in [1.165, 1.54) is 29.8 Å². The molecule has 208 valence electrons. The normalized spacial score (nSPS) is 18.3. The minimum Gasteiger partial charge on any atom is -0.494 e. The van der Waals surface area contributed by atoms with Crippen LogP contribution in [0.15, 0.2) is 65.4 Å². The van der Waals surface area contributed by atoms with E-state index in [0.29, 0.717) is 25.6 Å². The van der Waals surface area contributed by atoms with E-state index in [1.54, 1.807) is 11.8 Å². The molecule has 0 aromatic heterocycles. The van der Waals surface area contributed by atoms with Crippen molar-refractivity contribution in [1.29, 1.82) is 5.26 Å². The summed E-state index contributed by atoms with van der Waals surface area (Å²) in [6, 6.07) is 14.4. The van der Waals surface area contributed by atoms with E-state index in [-0.39, 0.29) is 40.2 Å². The number of ether oxygens (including phenoxy) is 3. The molecular weight excluding hydrogens is 518 g/mol. The second kappa shape index (κ2) is 12.4. The van der Waals surface area contributed by atoms with Gasteiger partial charge in [0.15, 0.2) is 0 Å². The molecule has 2 aromatic rings. The zero-order valence-electron chi connectivity index (χ0n) is 22.2. The molecule has 2 heterocycles. The summed E-state index contributed by atoms with van der Waals surface area (Å²) in [5.74, 6) is -1.48. The van der Waals surface area contributed by atoms with Crippen LogP contribution in [0.3, 0.4) is 0 Å². The number of methoxy groups -OCH3 is 1. The number of nitro groups is 1. The number of carboxylic acids is 1. The largest absolute Gasteiger partial charge is 0.494 e. The second-order valence-corrected chi connectivity index (χ2v) is 9.46. The highest BCUT2D eigenvalue weighted by Gasteiger charge is 2.39. The lowest BCUT2D eigenvalue weighted by atomic mass is 9.84. The van der Waals surface area contributed by atoms with Crippen LogP contribution in [0.5, 0.6) is 5.75 Å². The summed E-state index contributed by atoms with van der Waals surface area (Å²) in [6.07, 6.45) is 2.35. The molecule has 11 heteroatoms. The molecular formula is C29H29N3O8. The van der Waals surface area contributed by atoms with Gasteiger partial charge in [0.25, 0.3) is 5.69 Å². The van der Waals surface area contributed by atoms with Gasteiger partial charge in [0.05, 0.1) is 43.0 Å². The molecule has 11 nitrogen and oxygen atoms in total. The maximum absolute atomic E-state index is 12.9. The summed E-state index contributed by atoms with van der Waals surface area (Å²) in [7, 11) is 1.13. The fraction of sp³-hybridized carbons (Fsp3) is 0.345. The van der Waals surface area contributed by atoms with Crippen LogP contribution in [-0.2, 0) is 25.5 Å². The first-order valence-corrected chi connectivity index (χ1v) is 12.8. The first kappa shape index (κ1) is 28.3. The molecule has 0 saturated carbocycles. The SMILES string of the molecule is COC(=O)C1=C(C#N)N(CCCCOc2ccc(CC3CO3)cc2)C(C)C(C(=O)O)=C1c1cccc([N+](=O)[O-])c1. The molecule has 2 atom stereocenters. The predicted octanol–water partition coefficient (Wildman–Crippen LogP) is 3.89. The standard InChI is InChI=1S/C29H29N3O8/c1-18-25(28(33)34)26(20-6-5-7-21(15-20)32(36)37)27(29(35)38-2)24(16-30)31(18)12-3-4-13-39-22-10-8-19(9-11-22)14-23-17-40-23/h5-11,15,18,23H,3-4,12-14,17H2,1-2H3,(H,33,34). The van der Waals surface area contributed by atoms with Crippen molar-refractivity contribution >= 4 is 23.2 Å². The average molecular weight is 548 g/mol. The Kier molecular flexibility index (Phi) is 8.81. The maximum atomic E-state index is 12.9. The van der Waals surface area contributed by atoms with Crippen LogP contribution in [0, 0.1) is 21.4 Å². The van der Waals surface area contributed by atoms with Crippen LogP contribution in [0.4, 0.5) is 5.69 Å². The summed E-state index contributed by atoms with van der Waals surface area (Å²) < 4.78 is 16.0. The first-order valence-electron chi connectivity index (χ1n) is 12.8. The Balaban J connectivity index is 1.53. The Labute approximate surface area is 231 Å². The van der Waals surface area contributed by atoms with Crippen molar-refractivity contribution in [3.63, 3.8) is 0 Å². The van der Waals surface area contributed by atoms with E-state index in [0.717, 1.165) is 25.9 Å². The average Bonchev–Trinajstić information content (AvgIpc) is 3.77. The molecule has 2 aromatic carbocycles. The third-order valence-corrected chi connectivity index (χ3v) is 6.85. The Morgan fingerprint density at radius 1 is 1.23 bits per heavy atom. The van der Waals surface area contributed by atoms with Gasteiger partial charge in [-0.05, 0) is 43.0 Å². The van der Waals surface area contributed by atoms with Crippen LogP contribution >= 0.6 is 0 Å². The predicted molar refractivity (Wildman–Crippen MR) is 143 cm³/mol. The molecule has 0 spiro atoms. The number of rotatable bonds is 12. The third-order valence-electron chi connectivity index (χ3n) is 6.85. The highest BCUT2D eigenvalue weighted by Crippen LogP contribution is 2.40. The van der Waals surface area contributed by atoms with Crippen molar-refractivity contribution in [3.8, 4) is 11.8 Å². The van der Waals surface area contributed by atoms with Gasteiger partial charge in [-0.15, -0.1) is 0 Å². The van der Waals surface area contributed by atoms with Gasteiger partial charge in [-0.3, -0.25) is 10.1 Å². The van der Waals surface area contributed by atoms with Gasteiger partial charge in [-0.25, -0.2) is 9.59 Å². The number of epoxide rings is 1. The Hall–Kier alpha value is -4.69. The van der Waals surface area contributed by atoms with Crippen molar-refractivity contribution in [1.82, 2.24) is 4.90 Å². The minimum atomic E-state index is -1.31. The molecule has 2 aliphatic rings. The second-order valence-electron chi connectivity index (χ2n) is 9.46. The molecule has 0 radical (unpaired) electrons. The number of benzene rings is 2. The Morgan fingerprint density at radius 3 is 2.55 bits per heavy atom. The van der Waals surface area contributed by atoms with Crippen molar-refractivity contribution in [3.05, 3.63) is 86.6 Å². The number of aliphatic carboxylic acids is 1. The number of carbonyl (C=O) groups excluding carboxylic acids is 1. The summed E-state index contributed by atoms with van der Waals surface area (Å²) in [6.45, 7) is 3.10. The van der Waals surface area contributed by atoms with Gasteiger partial charge in [0, 0.05) is 30.7 Å². The van der Waals surface area contributed by atoms with Gasteiger partial charge >= 0.3 is 11.9 Å². The Morgan fingerprint density at radius 2 is 1.95 bits per heavy atom. The molecule has 0 amide bonds. The molecule has 0 bridgehead atoms. The van der Waals surface area contributed by atoms with Crippen molar-refractivity contribution in [2.45, 2.75) is 38.3 Å². The molecule has 0 aliphatic carbocycles.